The van der Waals surface area contributed by atoms with Crippen molar-refractivity contribution >= 4 is 57.8 Å². The fraction of sp³-hybridized carbons (Fsp3) is 0. The Kier molecular flexibility index (Phi) is 10.4. The lowest BCUT2D eigenvalue weighted by Gasteiger charge is -2.41. The summed E-state index contributed by atoms with van der Waals surface area (Å²) in [6, 6.07) is 102. The van der Waals surface area contributed by atoms with Crippen molar-refractivity contribution in [3.05, 3.63) is 273 Å². The van der Waals surface area contributed by atoms with E-state index in [1.807, 2.05) is 0 Å². The summed E-state index contributed by atoms with van der Waals surface area (Å²) in [7, 11) is -6.70. The molecule has 0 aliphatic rings. The molecule has 0 aliphatic heterocycles. The first-order chi connectivity index (χ1) is 30.3. The van der Waals surface area contributed by atoms with Gasteiger partial charge in [-0.2, -0.15) is 0 Å². The predicted molar refractivity (Wildman–Crippen MR) is 264 cm³/mol. The number of hydrogen-bond acceptors (Lipinski definition) is 0. The SMILES string of the molecule is c1ccc(-c2c([Si](c3ccccc3)(c3ccccc3)c3ccccc3)c([Si](c3ccccc3)(c3ccccc3)c3ccccc3)n(-c3ccccc3)c2-c2ccccc2)cc1. The van der Waals surface area contributed by atoms with Crippen LogP contribution in [0.25, 0.3) is 28.1 Å². The van der Waals surface area contributed by atoms with Gasteiger partial charge in [0, 0.05) is 16.6 Å². The highest BCUT2D eigenvalue weighted by molar-refractivity contribution is 7.27. The standard InChI is InChI=1S/C58H45NSi2/c1-10-28-46(29-11-1)55-56(47-30-12-2-13-31-47)59(48-32-14-3-15-33-48)58(61(52-40-22-7-23-41-52,53-42-24-8-25-43-53)54-44-26-9-27-45-54)57(55)60(49-34-16-4-17-35-49,50-36-18-5-19-37-50)51-38-20-6-21-39-51/h1-45H. The van der Waals surface area contributed by atoms with Crippen molar-refractivity contribution in [2.75, 3.05) is 0 Å². The van der Waals surface area contributed by atoms with Gasteiger partial charge in [-0.25, -0.2) is 0 Å². The van der Waals surface area contributed by atoms with Gasteiger partial charge in [-0.3, -0.25) is 0 Å². The quantitative estimate of drug-likeness (QED) is 0.0912. The molecule has 0 saturated heterocycles. The van der Waals surface area contributed by atoms with Gasteiger partial charge in [0.1, 0.15) is 0 Å². The first kappa shape index (κ1) is 37.9. The number of para-hydroxylation sites is 1. The molecule has 1 nitrogen and oxygen atoms in total. The van der Waals surface area contributed by atoms with E-state index in [-0.39, 0.29) is 0 Å². The third kappa shape index (κ3) is 6.47. The molecule has 0 spiro atoms. The van der Waals surface area contributed by atoms with E-state index in [4.69, 9.17) is 0 Å². The molecule has 0 N–H and O–H groups in total. The van der Waals surface area contributed by atoms with E-state index in [1.54, 1.807) is 0 Å². The Labute approximate surface area is 361 Å². The van der Waals surface area contributed by atoms with Gasteiger partial charge in [-0.05, 0) is 59.6 Å². The molecular weight excluding hydrogens is 767 g/mol. The van der Waals surface area contributed by atoms with Crippen molar-refractivity contribution in [3.63, 3.8) is 0 Å². The highest BCUT2D eigenvalue weighted by Crippen LogP contribution is 2.36. The Morgan fingerprint density at radius 1 is 0.246 bits per heavy atom. The van der Waals surface area contributed by atoms with Crippen molar-refractivity contribution in [1.82, 2.24) is 4.57 Å². The van der Waals surface area contributed by atoms with E-state index in [0.29, 0.717) is 0 Å². The van der Waals surface area contributed by atoms with Gasteiger partial charge in [0.2, 0.25) is 0 Å². The molecule has 0 radical (unpaired) electrons. The number of rotatable bonds is 11. The zero-order valence-corrected chi connectivity index (χ0v) is 35.9. The summed E-state index contributed by atoms with van der Waals surface area (Å²) in [5.41, 5.74) is 5.98. The van der Waals surface area contributed by atoms with Crippen molar-refractivity contribution in [3.8, 4) is 28.1 Å². The van der Waals surface area contributed by atoms with E-state index < -0.39 is 16.1 Å². The van der Waals surface area contributed by atoms with E-state index >= 15 is 0 Å². The maximum Gasteiger partial charge on any atom is 0.199 e. The van der Waals surface area contributed by atoms with E-state index in [1.165, 1.54) is 64.0 Å². The maximum atomic E-state index is 2.71. The topological polar surface area (TPSA) is 4.93 Å². The van der Waals surface area contributed by atoms with Crippen LogP contribution in [-0.4, -0.2) is 20.7 Å². The molecule has 0 aliphatic carbocycles. The zero-order chi connectivity index (χ0) is 40.9. The highest BCUT2D eigenvalue weighted by Gasteiger charge is 2.54. The summed E-state index contributed by atoms with van der Waals surface area (Å²) in [5.74, 6) is 0. The van der Waals surface area contributed by atoms with Crippen LogP contribution < -0.4 is 41.6 Å². The molecule has 61 heavy (non-hydrogen) atoms. The lowest BCUT2D eigenvalue weighted by atomic mass is 10.0. The van der Waals surface area contributed by atoms with Gasteiger partial charge >= 0.3 is 0 Å². The number of nitrogens with zero attached hydrogens (tertiary/aromatic N) is 1. The average Bonchev–Trinajstić information content (AvgIpc) is 3.71. The Morgan fingerprint density at radius 2 is 0.508 bits per heavy atom. The van der Waals surface area contributed by atoms with Crippen LogP contribution in [-0.2, 0) is 0 Å². The van der Waals surface area contributed by atoms with E-state index in [2.05, 4.69) is 278 Å². The van der Waals surface area contributed by atoms with Gasteiger partial charge in [0.05, 0.1) is 5.69 Å². The third-order valence-corrected chi connectivity index (χ3v) is 22.1. The summed E-state index contributed by atoms with van der Waals surface area (Å²) >= 11 is 0. The molecule has 1 aromatic heterocycles. The van der Waals surface area contributed by atoms with Crippen molar-refractivity contribution < 1.29 is 0 Å². The van der Waals surface area contributed by atoms with Crippen LogP contribution in [0, 0.1) is 0 Å². The molecular formula is C58H45NSi2. The van der Waals surface area contributed by atoms with Crippen molar-refractivity contribution in [1.29, 1.82) is 0 Å². The minimum Gasteiger partial charge on any atom is -0.316 e. The van der Waals surface area contributed by atoms with Crippen LogP contribution in [0.15, 0.2) is 273 Å². The van der Waals surface area contributed by atoms with Crippen LogP contribution in [0.5, 0.6) is 0 Å². The number of hydrogen-bond donors (Lipinski definition) is 0. The van der Waals surface area contributed by atoms with Crippen LogP contribution in [0.4, 0.5) is 0 Å². The van der Waals surface area contributed by atoms with Crippen LogP contribution in [0.2, 0.25) is 0 Å². The Bertz CT molecular complexity index is 2580. The molecule has 0 unspecified atom stereocenters. The van der Waals surface area contributed by atoms with Crippen molar-refractivity contribution in [2.24, 2.45) is 0 Å². The lowest BCUT2D eigenvalue weighted by molar-refractivity contribution is 1.12. The second-order valence-corrected chi connectivity index (χ2v) is 23.0. The van der Waals surface area contributed by atoms with E-state index in [0.717, 1.165) is 5.69 Å². The van der Waals surface area contributed by atoms with E-state index in [9.17, 15) is 0 Å². The summed E-state index contributed by atoms with van der Waals surface area (Å²) in [5, 5.41) is 10.8. The second kappa shape index (κ2) is 16.7. The third-order valence-electron chi connectivity index (χ3n) is 12.3. The summed E-state index contributed by atoms with van der Waals surface area (Å²) in [6.45, 7) is 0. The molecule has 9 aromatic carbocycles. The normalized spacial score (nSPS) is 11.6. The van der Waals surface area contributed by atoms with Crippen LogP contribution in [0.3, 0.4) is 0 Å². The maximum absolute atomic E-state index is 3.36. The van der Waals surface area contributed by atoms with Gasteiger partial charge in [-0.1, -0.05) is 261 Å². The molecule has 3 heteroatoms. The molecule has 0 saturated carbocycles. The smallest absolute Gasteiger partial charge is 0.199 e. The number of aromatic nitrogens is 1. The Morgan fingerprint density at radius 3 is 0.836 bits per heavy atom. The van der Waals surface area contributed by atoms with Crippen LogP contribution in [0.1, 0.15) is 0 Å². The Balaban J connectivity index is 1.61. The first-order valence-electron chi connectivity index (χ1n) is 21.1. The molecule has 0 atom stereocenters. The van der Waals surface area contributed by atoms with Crippen molar-refractivity contribution in [2.45, 2.75) is 0 Å². The van der Waals surface area contributed by atoms with Gasteiger partial charge in [0.15, 0.2) is 16.1 Å². The minimum absolute atomic E-state index is 1.14. The molecule has 10 rings (SSSR count). The largest absolute Gasteiger partial charge is 0.316 e. The van der Waals surface area contributed by atoms with Gasteiger partial charge in [0.25, 0.3) is 0 Å². The highest BCUT2D eigenvalue weighted by atomic mass is 28.3. The molecule has 1 heterocycles. The molecule has 0 amide bonds. The fourth-order valence-corrected chi connectivity index (χ4v) is 21.0. The minimum atomic E-state index is -3.36. The zero-order valence-electron chi connectivity index (χ0n) is 33.9. The molecule has 290 valence electrons. The predicted octanol–water partition coefficient (Wildman–Crippen LogP) is 8.57. The van der Waals surface area contributed by atoms with Gasteiger partial charge < -0.3 is 4.57 Å². The second-order valence-electron chi connectivity index (χ2n) is 15.5. The van der Waals surface area contributed by atoms with Crippen LogP contribution >= 0.6 is 0 Å². The Hall–Kier alpha value is -7.31. The summed E-state index contributed by atoms with van der Waals surface area (Å²) in [4.78, 5) is 0. The fourth-order valence-electron chi connectivity index (χ4n) is 9.86. The lowest BCUT2D eigenvalue weighted by Crippen LogP contribution is -2.85. The molecule has 0 bridgehead atoms. The number of benzene rings is 9. The summed E-state index contributed by atoms with van der Waals surface area (Å²) in [6.07, 6.45) is 0. The average molecular weight is 812 g/mol. The molecule has 10 aromatic rings. The monoisotopic (exact) mass is 811 g/mol. The molecule has 0 fully saturated rings. The summed E-state index contributed by atoms with van der Waals surface area (Å²) < 4.78 is 2.71. The first-order valence-corrected chi connectivity index (χ1v) is 25.1. The van der Waals surface area contributed by atoms with Gasteiger partial charge in [-0.15, -0.1) is 0 Å².